The van der Waals surface area contributed by atoms with E-state index in [1.54, 1.807) is 12.1 Å². The molecule has 0 bridgehead atoms. The Morgan fingerprint density at radius 1 is 1.35 bits per heavy atom. The molecule has 0 amide bonds. The topological polar surface area (TPSA) is 81.8 Å². The van der Waals surface area contributed by atoms with Crippen molar-refractivity contribution in [3.63, 3.8) is 0 Å². The highest BCUT2D eigenvalue weighted by Gasteiger charge is 2.41. The molecule has 0 heterocycles. The van der Waals surface area contributed by atoms with Crippen LogP contribution in [-0.4, -0.2) is 25.3 Å². The molecule has 1 saturated carbocycles. The Hall–Kier alpha value is -1.75. The van der Waals surface area contributed by atoms with Gasteiger partial charge in [0.2, 0.25) is 0 Å². The van der Waals surface area contributed by atoms with E-state index in [-0.39, 0.29) is 11.3 Å². The summed E-state index contributed by atoms with van der Waals surface area (Å²) in [5.41, 5.74) is 6.53. The molecule has 5 heteroatoms. The summed E-state index contributed by atoms with van der Waals surface area (Å²) in [7, 11) is 2.89. The number of methoxy groups -OCH3 is 2. The largest absolute Gasteiger partial charge is 0.493 e. The minimum atomic E-state index is -1.05. The zero-order valence-electron chi connectivity index (χ0n) is 9.82. The highest BCUT2D eigenvalue weighted by molar-refractivity contribution is 5.92. The Kier molecular flexibility index (Phi) is 2.71. The highest BCUT2D eigenvalue weighted by atomic mass is 16.5. The molecule has 0 spiro atoms. The zero-order valence-corrected chi connectivity index (χ0v) is 9.82. The predicted molar refractivity (Wildman–Crippen MR) is 61.6 cm³/mol. The van der Waals surface area contributed by atoms with Gasteiger partial charge in [0.1, 0.15) is 5.56 Å². The van der Waals surface area contributed by atoms with E-state index in [1.165, 1.54) is 14.2 Å². The Balaban J connectivity index is 2.59. The van der Waals surface area contributed by atoms with Gasteiger partial charge in [0, 0.05) is 5.54 Å². The van der Waals surface area contributed by atoms with Gasteiger partial charge in [-0.15, -0.1) is 0 Å². The maximum Gasteiger partial charge on any atom is 0.339 e. The van der Waals surface area contributed by atoms with E-state index >= 15 is 0 Å². The first kappa shape index (κ1) is 11.7. The van der Waals surface area contributed by atoms with Crippen molar-refractivity contribution in [1.29, 1.82) is 0 Å². The molecule has 5 nitrogen and oxygen atoms in total. The molecule has 0 aliphatic heterocycles. The van der Waals surface area contributed by atoms with E-state index in [0.29, 0.717) is 5.75 Å². The second-order valence-electron chi connectivity index (χ2n) is 4.22. The summed E-state index contributed by atoms with van der Waals surface area (Å²) in [5.74, 6) is -0.418. The molecule has 0 radical (unpaired) electrons. The molecular weight excluding hydrogens is 222 g/mol. The summed E-state index contributed by atoms with van der Waals surface area (Å²) in [6, 6.07) is 3.31. The average Bonchev–Trinajstić information content (AvgIpc) is 3.06. The van der Waals surface area contributed by atoms with Crippen LogP contribution >= 0.6 is 0 Å². The van der Waals surface area contributed by atoms with Gasteiger partial charge in [-0.3, -0.25) is 0 Å². The molecule has 1 aromatic rings. The Labute approximate surface area is 99.1 Å². The molecule has 1 aliphatic carbocycles. The molecule has 2 rings (SSSR count). The van der Waals surface area contributed by atoms with Gasteiger partial charge in [-0.1, -0.05) is 0 Å². The van der Waals surface area contributed by atoms with Crippen LogP contribution in [-0.2, 0) is 5.54 Å². The van der Waals surface area contributed by atoms with Crippen molar-refractivity contribution in [3.05, 3.63) is 23.3 Å². The summed E-state index contributed by atoms with van der Waals surface area (Å²) in [5, 5.41) is 9.15. The number of hydrogen-bond donors (Lipinski definition) is 2. The van der Waals surface area contributed by atoms with Crippen molar-refractivity contribution >= 4 is 5.97 Å². The van der Waals surface area contributed by atoms with Crippen LogP contribution in [0, 0.1) is 0 Å². The molecule has 17 heavy (non-hydrogen) atoms. The smallest absolute Gasteiger partial charge is 0.339 e. The van der Waals surface area contributed by atoms with E-state index in [9.17, 15) is 4.79 Å². The zero-order chi connectivity index (χ0) is 12.6. The number of carboxylic acids is 1. The molecule has 0 atom stereocenters. The lowest BCUT2D eigenvalue weighted by atomic mass is 10.0. The monoisotopic (exact) mass is 237 g/mol. The first-order valence-electron chi connectivity index (χ1n) is 5.30. The quantitative estimate of drug-likeness (QED) is 0.826. The predicted octanol–water partition coefficient (Wildman–Crippen LogP) is 1.35. The number of ether oxygens (including phenoxy) is 2. The molecular formula is C12H15NO4. The highest BCUT2D eigenvalue weighted by Crippen LogP contribution is 2.46. The Morgan fingerprint density at radius 3 is 2.41 bits per heavy atom. The van der Waals surface area contributed by atoms with Crippen LogP contribution in [0.5, 0.6) is 11.5 Å². The van der Waals surface area contributed by atoms with Crippen molar-refractivity contribution in [1.82, 2.24) is 0 Å². The van der Waals surface area contributed by atoms with Crippen LogP contribution in [0.1, 0.15) is 28.8 Å². The molecule has 3 N–H and O–H groups in total. The summed E-state index contributed by atoms with van der Waals surface area (Å²) >= 11 is 0. The first-order chi connectivity index (χ1) is 8.01. The van der Waals surface area contributed by atoms with Crippen molar-refractivity contribution in [2.24, 2.45) is 5.73 Å². The maximum atomic E-state index is 11.2. The lowest BCUT2D eigenvalue weighted by Crippen LogP contribution is -2.19. The van der Waals surface area contributed by atoms with E-state index in [1.807, 2.05) is 0 Å². The van der Waals surface area contributed by atoms with Crippen LogP contribution in [0.2, 0.25) is 0 Å². The number of carboxylic acid groups (broad SMARTS) is 1. The van der Waals surface area contributed by atoms with Crippen molar-refractivity contribution < 1.29 is 19.4 Å². The van der Waals surface area contributed by atoms with Gasteiger partial charge >= 0.3 is 5.97 Å². The van der Waals surface area contributed by atoms with Gasteiger partial charge in [0.15, 0.2) is 11.5 Å². The Bertz CT molecular complexity index is 466. The standard InChI is InChI=1S/C12H15NO4/c1-16-9-6-7(12(13)3-4-12)5-8(11(14)15)10(9)17-2/h5-6H,3-4,13H2,1-2H3,(H,14,15). The number of hydrogen-bond acceptors (Lipinski definition) is 4. The minimum absolute atomic E-state index is 0.0820. The van der Waals surface area contributed by atoms with Gasteiger partial charge in [0.05, 0.1) is 14.2 Å². The number of nitrogens with two attached hydrogens (primary N) is 1. The Morgan fingerprint density at radius 2 is 2.00 bits per heavy atom. The summed E-state index contributed by atoms with van der Waals surface area (Å²) < 4.78 is 10.2. The second kappa shape index (κ2) is 3.92. The molecule has 92 valence electrons. The average molecular weight is 237 g/mol. The minimum Gasteiger partial charge on any atom is -0.493 e. The lowest BCUT2D eigenvalue weighted by molar-refractivity contribution is 0.0692. The van der Waals surface area contributed by atoms with E-state index < -0.39 is 11.5 Å². The number of rotatable bonds is 4. The molecule has 1 aromatic carbocycles. The molecule has 1 aliphatic rings. The molecule has 0 saturated heterocycles. The van der Waals surface area contributed by atoms with E-state index in [4.69, 9.17) is 20.3 Å². The van der Waals surface area contributed by atoms with Gasteiger partial charge in [0.25, 0.3) is 0 Å². The van der Waals surface area contributed by atoms with Crippen molar-refractivity contribution in [2.75, 3.05) is 14.2 Å². The summed E-state index contributed by atoms with van der Waals surface area (Å²) in [6.45, 7) is 0. The van der Waals surface area contributed by atoms with Crippen LogP contribution in [0.4, 0.5) is 0 Å². The van der Waals surface area contributed by atoms with Gasteiger partial charge < -0.3 is 20.3 Å². The summed E-state index contributed by atoms with van der Waals surface area (Å²) in [4.78, 5) is 11.2. The maximum absolute atomic E-state index is 11.2. The third-order valence-corrected chi connectivity index (χ3v) is 3.07. The summed E-state index contributed by atoms with van der Waals surface area (Å²) in [6.07, 6.45) is 1.73. The van der Waals surface area contributed by atoms with Crippen LogP contribution in [0.25, 0.3) is 0 Å². The fourth-order valence-electron chi connectivity index (χ4n) is 1.83. The molecule has 0 unspecified atom stereocenters. The lowest BCUT2D eigenvalue weighted by Gasteiger charge is -2.16. The molecule has 1 fully saturated rings. The fourth-order valence-corrected chi connectivity index (χ4v) is 1.83. The number of benzene rings is 1. The fraction of sp³-hybridized carbons (Fsp3) is 0.417. The van der Waals surface area contributed by atoms with Crippen molar-refractivity contribution in [2.45, 2.75) is 18.4 Å². The van der Waals surface area contributed by atoms with Gasteiger partial charge in [-0.2, -0.15) is 0 Å². The van der Waals surface area contributed by atoms with Gasteiger partial charge in [-0.05, 0) is 30.5 Å². The van der Waals surface area contributed by atoms with Crippen LogP contribution < -0.4 is 15.2 Å². The van der Waals surface area contributed by atoms with E-state index in [0.717, 1.165) is 18.4 Å². The number of aromatic carboxylic acids is 1. The number of carbonyl (C=O) groups is 1. The first-order valence-corrected chi connectivity index (χ1v) is 5.30. The van der Waals surface area contributed by atoms with Crippen LogP contribution in [0.3, 0.4) is 0 Å². The van der Waals surface area contributed by atoms with Crippen LogP contribution in [0.15, 0.2) is 12.1 Å². The third kappa shape index (κ3) is 1.93. The van der Waals surface area contributed by atoms with E-state index in [2.05, 4.69) is 0 Å². The third-order valence-electron chi connectivity index (χ3n) is 3.07. The molecule has 0 aromatic heterocycles. The van der Waals surface area contributed by atoms with Gasteiger partial charge in [-0.25, -0.2) is 4.79 Å². The SMILES string of the molecule is COc1cc(C2(N)CC2)cc(C(=O)O)c1OC. The normalized spacial score (nSPS) is 16.4. The van der Waals surface area contributed by atoms with Crippen molar-refractivity contribution in [3.8, 4) is 11.5 Å². The second-order valence-corrected chi connectivity index (χ2v) is 4.22.